The Balaban J connectivity index is 1.75. The van der Waals surface area contributed by atoms with Crippen LogP contribution in [-0.4, -0.2) is 22.2 Å². The van der Waals surface area contributed by atoms with E-state index in [0.717, 1.165) is 25.4 Å². The fraction of sp³-hybridized carbons (Fsp3) is 0.471. The highest BCUT2D eigenvalue weighted by molar-refractivity contribution is 5.28. The first kappa shape index (κ1) is 15.6. The van der Waals surface area contributed by atoms with Gasteiger partial charge in [-0.05, 0) is 44.0 Å². The van der Waals surface area contributed by atoms with E-state index in [2.05, 4.69) is 33.9 Å². The molecule has 1 N–H and O–H groups in total. The number of imidazole rings is 1. The van der Waals surface area contributed by atoms with Gasteiger partial charge in [0.05, 0.1) is 12.4 Å². The number of benzene rings is 1. The van der Waals surface area contributed by atoms with Crippen LogP contribution in [0.5, 0.6) is 5.75 Å². The van der Waals surface area contributed by atoms with Gasteiger partial charge in [0.15, 0.2) is 0 Å². The van der Waals surface area contributed by atoms with Crippen molar-refractivity contribution in [3.05, 3.63) is 48.5 Å². The average Bonchev–Trinajstić information content (AvgIpc) is 2.91. The molecule has 2 rings (SSSR count). The molecule has 0 aliphatic carbocycles. The predicted octanol–water partition coefficient (Wildman–Crippen LogP) is 3.10. The number of hydrogen-bond donors (Lipinski definition) is 1. The van der Waals surface area contributed by atoms with E-state index in [0.29, 0.717) is 5.92 Å². The van der Waals surface area contributed by atoms with Crippen molar-refractivity contribution in [3.8, 4) is 5.75 Å². The third-order valence-corrected chi connectivity index (χ3v) is 3.17. The van der Waals surface area contributed by atoms with E-state index >= 15 is 0 Å². The Morgan fingerprint density at radius 3 is 2.86 bits per heavy atom. The van der Waals surface area contributed by atoms with Crippen molar-refractivity contribution in [2.24, 2.45) is 5.92 Å². The highest BCUT2D eigenvalue weighted by Gasteiger charge is 2.04. The molecule has 1 aromatic heterocycles. The lowest BCUT2D eigenvalue weighted by Gasteiger charge is -2.14. The SMILES string of the molecule is CC(CNCc1cccc(OC(C)C)c1)Cn1ccnc1. The van der Waals surface area contributed by atoms with Gasteiger partial charge in [0, 0.05) is 25.5 Å². The smallest absolute Gasteiger partial charge is 0.120 e. The molecule has 21 heavy (non-hydrogen) atoms. The van der Waals surface area contributed by atoms with Crippen molar-refractivity contribution in [3.63, 3.8) is 0 Å². The monoisotopic (exact) mass is 287 g/mol. The molecule has 0 saturated carbocycles. The number of nitrogens with zero attached hydrogens (tertiary/aromatic N) is 2. The Bertz CT molecular complexity index is 523. The van der Waals surface area contributed by atoms with E-state index < -0.39 is 0 Å². The summed E-state index contributed by atoms with van der Waals surface area (Å²) in [5.41, 5.74) is 1.25. The van der Waals surface area contributed by atoms with Crippen molar-refractivity contribution < 1.29 is 4.74 Å². The molecule has 1 unspecified atom stereocenters. The molecule has 2 aromatic rings. The molecular formula is C17H25N3O. The molecule has 4 nitrogen and oxygen atoms in total. The van der Waals surface area contributed by atoms with Gasteiger partial charge in [0.1, 0.15) is 5.75 Å². The summed E-state index contributed by atoms with van der Waals surface area (Å²) in [5.74, 6) is 1.50. The van der Waals surface area contributed by atoms with Crippen LogP contribution in [0.2, 0.25) is 0 Å². The normalized spacial score (nSPS) is 12.6. The molecule has 0 amide bonds. The van der Waals surface area contributed by atoms with E-state index in [-0.39, 0.29) is 6.10 Å². The molecule has 0 aliphatic rings. The molecule has 0 spiro atoms. The third-order valence-electron chi connectivity index (χ3n) is 3.17. The molecule has 1 aromatic carbocycles. The number of aromatic nitrogens is 2. The number of hydrogen-bond acceptors (Lipinski definition) is 3. The average molecular weight is 287 g/mol. The van der Waals surface area contributed by atoms with Crippen LogP contribution in [0, 0.1) is 5.92 Å². The van der Waals surface area contributed by atoms with Crippen LogP contribution in [-0.2, 0) is 13.1 Å². The standard InChI is InChI=1S/C17H25N3O/c1-14(2)21-17-6-4-5-16(9-17)11-19-10-15(3)12-20-8-7-18-13-20/h4-9,13-15,19H,10-12H2,1-3H3. The van der Waals surface area contributed by atoms with Gasteiger partial charge < -0.3 is 14.6 Å². The summed E-state index contributed by atoms with van der Waals surface area (Å²) in [6, 6.07) is 8.28. The molecule has 1 heterocycles. The second-order valence-corrected chi connectivity index (χ2v) is 5.81. The van der Waals surface area contributed by atoms with Crippen LogP contribution in [0.25, 0.3) is 0 Å². The topological polar surface area (TPSA) is 39.1 Å². The number of rotatable bonds is 8. The molecule has 4 heteroatoms. The highest BCUT2D eigenvalue weighted by atomic mass is 16.5. The lowest BCUT2D eigenvalue weighted by Crippen LogP contribution is -2.23. The van der Waals surface area contributed by atoms with Gasteiger partial charge in [-0.15, -0.1) is 0 Å². The summed E-state index contributed by atoms with van der Waals surface area (Å²) in [6.07, 6.45) is 5.90. The first-order chi connectivity index (χ1) is 10.1. The van der Waals surface area contributed by atoms with Crippen molar-refractivity contribution >= 4 is 0 Å². The molecule has 0 saturated heterocycles. The van der Waals surface area contributed by atoms with Gasteiger partial charge in [-0.2, -0.15) is 0 Å². The largest absolute Gasteiger partial charge is 0.491 e. The maximum absolute atomic E-state index is 5.71. The van der Waals surface area contributed by atoms with E-state index in [4.69, 9.17) is 4.74 Å². The zero-order valence-electron chi connectivity index (χ0n) is 13.1. The Morgan fingerprint density at radius 2 is 2.14 bits per heavy atom. The maximum Gasteiger partial charge on any atom is 0.120 e. The Morgan fingerprint density at radius 1 is 1.29 bits per heavy atom. The van der Waals surface area contributed by atoms with E-state index in [1.165, 1.54) is 5.56 Å². The fourth-order valence-electron chi connectivity index (χ4n) is 2.28. The van der Waals surface area contributed by atoms with E-state index in [9.17, 15) is 0 Å². The highest BCUT2D eigenvalue weighted by Crippen LogP contribution is 2.14. The minimum atomic E-state index is 0.211. The number of nitrogens with one attached hydrogen (secondary N) is 1. The Kier molecular flexibility index (Phi) is 5.81. The summed E-state index contributed by atoms with van der Waals surface area (Å²) < 4.78 is 7.83. The van der Waals surface area contributed by atoms with Gasteiger partial charge >= 0.3 is 0 Å². The fourth-order valence-corrected chi connectivity index (χ4v) is 2.28. The molecule has 0 fully saturated rings. The van der Waals surface area contributed by atoms with Crippen molar-refractivity contribution in [2.45, 2.75) is 40.0 Å². The molecule has 114 valence electrons. The maximum atomic E-state index is 5.71. The van der Waals surface area contributed by atoms with E-state index in [1.54, 1.807) is 0 Å². The lowest BCUT2D eigenvalue weighted by atomic mass is 10.1. The van der Waals surface area contributed by atoms with Gasteiger partial charge in [0.25, 0.3) is 0 Å². The lowest BCUT2D eigenvalue weighted by molar-refractivity contribution is 0.242. The summed E-state index contributed by atoms with van der Waals surface area (Å²) in [6.45, 7) is 9.16. The van der Waals surface area contributed by atoms with Crippen LogP contribution >= 0.6 is 0 Å². The molecule has 0 radical (unpaired) electrons. The zero-order chi connectivity index (χ0) is 15.1. The second-order valence-electron chi connectivity index (χ2n) is 5.81. The third kappa shape index (κ3) is 5.60. The van der Waals surface area contributed by atoms with Crippen LogP contribution in [0.1, 0.15) is 26.3 Å². The van der Waals surface area contributed by atoms with Crippen molar-refractivity contribution in [1.82, 2.24) is 14.9 Å². The summed E-state index contributed by atoms with van der Waals surface area (Å²) >= 11 is 0. The first-order valence-electron chi connectivity index (χ1n) is 7.55. The van der Waals surface area contributed by atoms with Gasteiger partial charge in [0.2, 0.25) is 0 Å². The van der Waals surface area contributed by atoms with Crippen LogP contribution in [0.15, 0.2) is 43.0 Å². The predicted molar refractivity (Wildman–Crippen MR) is 85.3 cm³/mol. The minimum absolute atomic E-state index is 0.211. The molecule has 0 bridgehead atoms. The van der Waals surface area contributed by atoms with Crippen molar-refractivity contribution in [1.29, 1.82) is 0 Å². The first-order valence-corrected chi connectivity index (χ1v) is 7.55. The quantitative estimate of drug-likeness (QED) is 0.811. The van der Waals surface area contributed by atoms with Gasteiger partial charge in [-0.25, -0.2) is 4.98 Å². The van der Waals surface area contributed by atoms with E-state index in [1.807, 2.05) is 44.7 Å². The van der Waals surface area contributed by atoms with Gasteiger partial charge in [-0.3, -0.25) is 0 Å². The van der Waals surface area contributed by atoms with Crippen LogP contribution < -0.4 is 10.1 Å². The van der Waals surface area contributed by atoms with Crippen LogP contribution in [0.3, 0.4) is 0 Å². The summed E-state index contributed by atoms with van der Waals surface area (Å²) in [7, 11) is 0. The minimum Gasteiger partial charge on any atom is -0.491 e. The summed E-state index contributed by atoms with van der Waals surface area (Å²) in [4.78, 5) is 4.07. The Labute approximate surface area is 127 Å². The van der Waals surface area contributed by atoms with Crippen LogP contribution in [0.4, 0.5) is 0 Å². The molecular weight excluding hydrogens is 262 g/mol. The second kappa shape index (κ2) is 7.84. The molecule has 0 aliphatic heterocycles. The zero-order valence-corrected chi connectivity index (χ0v) is 13.1. The summed E-state index contributed by atoms with van der Waals surface area (Å²) in [5, 5.41) is 3.51. The van der Waals surface area contributed by atoms with Gasteiger partial charge in [-0.1, -0.05) is 19.1 Å². The number of ether oxygens (including phenoxy) is 1. The molecule has 1 atom stereocenters. The Hall–Kier alpha value is -1.81. The van der Waals surface area contributed by atoms with Crippen molar-refractivity contribution in [2.75, 3.05) is 6.54 Å².